The van der Waals surface area contributed by atoms with E-state index in [1.165, 1.54) is 5.69 Å². The highest BCUT2D eigenvalue weighted by molar-refractivity contribution is 5.81. The van der Waals surface area contributed by atoms with Crippen molar-refractivity contribution in [2.24, 2.45) is 4.99 Å². The third-order valence-electron chi connectivity index (χ3n) is 4.35. The molecule has 0 spiro atoms. The molecule has 0 bridgehead atoms. The van der Waals surface area contributed by atoms with Gasteiger partial charge in [-0.15, -0.1) is 0 Å². The van der Waals surface area contributed by atoms with Crippen LogP contribution in [0.1, 0.15) is 13.3 Å². The van der Waals surface area contributed by atoms with Crippen molar-refractivity contribution in [3.8, 4) is 0 Å². The van der Waals surface area contributed by atoms with E-state index in [0.717, 1.165) is 26.2 Å². The number of hydrogen-bond acceptors (Lipinski definition) is 4. The SMILES string of the molecule is CCOCCNC(=NC)NCCC(=O)N1CCN(c2ccccc2)CC1. The van der Waals surface area contributed by atoms with Gasteiger partial charge in [-0.25, -0.2) is 0 Å². The predicted molar refractivity (Wildman–Crippen MR) is 106 cm³/mol. The van der Waals surface area contributed by atoms with E-state index >= 15 is 0 Å². The zero-order valence-electron chi connectivity index (χ0n) is 15.9. The van der Waals surface area contributed by atoms with Crippen LogP contribution in [0.3, 0.4) is 0 Å². The minimum Gasteiger partial charge on any atom is -0.380 e. The Morgan fingerprint density at radius 1 is 1.12 bits per heavy atom. The highest BCUT2D eigenvalue weighted by atomic mass is 16.5. The number of carbonyl (C=O) groups is 1. The summed E-state index contributed by atoms with van der Waals surface area (Å²) in [7, 11) is 1.72. The molecule has 26 heavy (non-hydrogen) atoms. The maximum Gasteiger partial charge on any atom is 0.224 e. The maximum atomic E-state index is 12.4. The van der Waals surface area contributed by atoms with E-state index in [1.54, 1.807) is 7.05 Å². The molecule has 144 valence electrons. The van der Waals surface area contributed by atoms with E-state index in [-0.39, 0.29) is 5.91 Å². The van der Waals surface area contributed by atoms with Crippen molar-refractivity contribution >= 4 is 17.6 Å². The van der Waals surface area contributed by atoms with Crippen LogP contribution in [0.2, 0.25) is 0 Å². The smallest absolute Gasteiger partial charge is 0.224 e. The molecule has 0 aliphatic carbocycles. The lowest BCUT2D eigenvalue weighted by atomic mass is 10.2. The molecule has 1 aromatic carbocycles. The minimum atomic E-state index is 0.190. The fourth-order valence-electron chi connectivity index (χ4n) is 2.91. The molecule has 0 saturated carbocycles. The van der Waals surface area contributed by atoms with Crippen molar-refractivity contribution in [2.45, 2.75) is 13.3 Å². The monoisotopic (exact) mass is 361 g/mol. The summed E-state index contributed by atoms with van der Waals surface area (Å²) in [6, 6.07) is 10.4. The largest absolute Gasteiger partial charge is 0.380 e. The van der Waals surface area contributed by atoms with Crippen LogP contribution in [0.4, 0.5) is 5.69 Å². The van der Waals surface area contributed by atoms with Crippen LogP contribution in [-0.2, 0) is 9.53 Å². The Hall–Kier alpha value is -2.28. The summed E-state index contributed by atoms with van der Waals surface area (Å²) in [5, 5.41) is 6.34. The standard InChI is InChI=1S/C19H31N5O2/c1-3-26-16-11-22-19(20-2)21-10-9-18(25)24-14-12-23(13-15-24)17-7-5-4-6-8-17/h4-8H,3,9-16H2,1-2H3,(H2,20,21,22). The van der Waals surface area contributed by atoms with Crippen LogP contribution in [0, 0.1) is 0 Å². The van der Waals surface area contributed by atoms with Crippen molar-refractivity contribution in [2.75, 3.05) is 64.4 Å². The summed E-state index contributed by atoms with van der Waals surface area (Å²) >= 11 is 0. The van der Waals surface area contributed by atoms with Crippen LogP contribution >= 0.6 is 0 Å². The molecule has 1 heterocycles. The van der Waals surface area contributed by atoms with Gasteiger partial charge in [-0.3, -0.25) is 9.79 Å². The van der Waals surface area contributed by atoms with Crippen LogP contribution in [-0.4, -0.2) is 76.3 Å². The van der Waals surface area contributed by atoms with Gasteiger partial charge in [0, 0.05) is 65.0 Å². The van der Waals surface area contributed by atoms with Crippen molar-refractivity contribution in [3.63, 3.8) is 0 Å². The van der Waals surface area contributed by atoms with Gasteiger partial charge in [-0.2, -0.15) is 0 Å². The van der Waals surface area contributed by atoms with E-state index < -0.39 is 0 Å². The Kier molecular flexibility index (Phi) is 8.75. The van der Waals surface area contributed by atoms with Gasteiger partial charge in [-0.1, -0.05) is 18.2 Å². The molecule has 1 saturated heterocycles. The normalized spacial score (nSPS) is 15.1. The summed E-state index contributed by atoms with van der Waals surface area (Å²) in [6.45, 7) is 7.90. The lowest BCUT2D eigenvalue weighted by molar-refractivity contribution is -0.131. The molecule has 1 aliphatic rings. The first-order valence-corrected chi connectivity index (χ1v) is 9.34. The quantitative estimate of drug-likeness (QED) is 0.410. The topological polar surface area (TPSA) is 69.2 Å². The fourth-order valence-corrected chi connectivity index (χ4v) is 2.91. The molecule has 0 atom stereocenters. The third-order valence-corrected chi connectivity index (χ3v) is 4.35. The van der Waals surface area contributed by atoms with Crippen LogP contribution in [0.5, 0.6) is 0 Å². The van der Waals surface area contributed by atoms with Gasteiger partial charge >= 0.3 is 0 Å². The van der Waals surface area contributed by atoms with Crippen molar-refractivity contribution in [3.05, 3.63) is 30.3 Å². The summed E-state index contributed by atoms with van der Waals surface area (Å²) < 4.78 is 5.28. The van der Waals surface area contributed by atoms with E-state index in [2.05, 4.69) is 32.7 Å². The number of ether oxygens (including phenoxy) is 1. The van der Waals surface area contributed by atoms with Crippen molar-refractivity contribution in [1.82, 2.24) is 15.5 Å². The number of aliphatic imine (C=N–C) groups is 1. The summed E-state index contributed by atoms with van der Waals surface area (Å²) in [5.74, 6) is 0.890. The van der Waals surface area contributed by atoms with E-state index in [4.69, 9.17) is 4.74 Å². The van der Waals surface area contributed by atoms with Crippen LogP contribution in [0.15, 0.2) is 35.3 Å². The summed E-state index contributed by atoms with van der Waals surface area (Å²) in [5.41, 5.74) is 1.23. The van der Waals surface area contributed by atoms with Gasteiger partial charge in [-0.05, 0) is 19.1 Å². The van der Waals surface area contributed by atoms with Gasteiger partial charge in [0.25, 0.3) is 0 Å². The number of nitrogens with zero attached hydrogens (tertiary/aromatic N) is 3. The second-order valence-corrected chi connectivity index (χ2v) is 6.08. The van der Waals surface area contributed by atoms with E-state index in [1.807, 2.05) is 30.0 Å². The highest BCUT2D eigenvalue weighted by Gasteiger charge is 2.20. The molecule has 1 aliphatic heterocycles. The first-order chi connectivity index (χ1) is 12.7. The molecule has 7 heteroatoms. The summed E-state index contributed by atoms with van der Waals surface area (Å²) in [6.07, 6.45) is 0.470. The van der Waals surface area contributed by atoms with Crippen molar-refractivity contribution in [1.29, 1.82) is 0 Å². The molecule has 7 nitrogen and oxygen atoms in total. The van der Waals surface area contributed by atoms with Gasteiger partial charge in [0.2, 0.25) is 5.91 Å². The second kappa shape index (κ2) is 11.4. The molecular weight excluding hydrogens is 330 g/mol. The summed E-state index contributed by atoms with van der Waals surface area (Å²) in [4.78, 5) is 20.8. The molecule has 2 rings (SSSR count). The molecule has 1 amide bonds. The first-order valence-electron chi connectivity index (χ1n) is 9.34. The average Bonchev–Trinajstić information content (AvgIpc) is 2.70. The number of hydrogen-bond donors (Lipinski definition) is 2. The van der Waals surface area contributed by atoms with E-state index in [0.29, 0.717) is 38.7 Å². The van der Waals surface area contributed by atoms with Crippen LogP contribution in [0.25, 0.3) is 0 Å². The Morgan fingerprint density at radius 3 is 2.46 bits per heavy atom. The number of amides is 1. The van der Waals surface area contributed by atoms with Gasteiger partial charge in [0.15, 0.2) is 5.96 Å². The van der Waals surface area contributed by atoms with Crippen molar-refractivity contribution < 1.29 is 9.53 Å². The van der Waals surface area contributed by atoms with Crippen LogP contribution < -0.4 is 15.5 Å². The zero-order valence-corrected chi connectivity index (χ0v) is 15.9. The fraction of sp³-hybridized carbons (Fsp3) is 0.579. The Morgan fingerprint density at radius 2 is 1.81 bits per heavy atom. The lowest BCUT2D eigenvalue weighted by Crippen LogP contribution is -2.49. The van der Waals surface area contributed by atoms with Gasteiger partial charge in [0.05, 0.1) is 6.61 Å². The molecule has 2 N–H and O–H groups in total. The second-order valence-electron chi connectivity index (χ2n) is 6.08. The molecule has 0 radical (unpaired) electrons. The Bertz CT molecular complexity index is 556. The molecule has 0 unspecified atom stereocenters. The van der Waals surface area contributed by atoms with Gasteiger partial charge < -0.3 is 25.2 Å². The zero-order chi connectivity index (χ0) is 18.6. The first kappa shape index (κ1) is 20.0. The number of rotatable bonds is 8. The highest BCUT2D eigenvalue weighted by Crippen LogP contribution is 2.15. The number of nitrogens with one attached hydrogen (secondary N) is 2. The third kappa shape index (κ3) is 6.55. The number of para-hydroxylation sites is 1. The minimum absolute atomic E-state index is 0.190. The number of anilines is 1. The lowest BCUT2D eigenvalue weighted by Gasteiger charge is -2.36. The average molecular weight is 361 g/mol. The molecule has 1 fully saturated rings. The molecule has 1 aromatic rings. The number of benzene rings is 1. The number of carbonyl (C=O) groups excluding carboxylic acids is 1. The number of piperazine rings is 1. The predicted octanol–water partition coefficient (Wildman–Crippen LogP) is 0.927. The maximum absolute atomic E-state index is 12.4. The molecule has 0 aromatic heterocycles. The number of guanidine groups is 1. The Labute approximate surface area is 156 Å². The van der Waals surface area contributed by atoms with E-state index in [9.17, 15) is 4.79 Å². The van der Waals surface area contributed by atoms with Gasteiger partial charge in [0.1, 0.15) is 0 Å². The molecular formula is C19H31N5O2. The Balaban J connectivity index is 1.64.